The van der Waals surface area contributed by atoms with Gasteiger partial charge in [-0.1, -0.05) is 11.6 Å². The number of likely N-dealkylation sites (N-methyl/N-ethyl adjacent to an activating group) is 1. The topological polar surface area (TPSA) is 72.3 Å². The third-order valence-electron chi connectivity index (χ3n) is 2.35. The maximum Gasteiger partial charge on any atom is 0.250 e. The van der Waals surface area contributed by atoms with Crippen molar-refractivity contribution in [2.24, 2.45) is 11.5 Å². The second-order valence-corrected chi connectivity index (χ2v) is 3.83. The molecule has 0 saturated carbocycles. The second kappa shape index (κ2) is 5.72. The molecule has 4 nitrogen and oxygen atoms in total. The van der Waals surface area contributed by atoms with Gasteiger partial charge in [-0.3, -0.25) is 4.79 Å². The van der Waals surface area contributed by atoms with Crippen molar-refractivity contribution in [2.75, 3.05) is 24.5 Å². The van der Waals surface area contributed by atoms with Crippen LogP contribution in [0.2, 0.25) is 5.02 Å². The highest BCUT2D eigenvalue weighted by molar-refractivity contribution is 6.31. The molecule has 0 aliphatic rings. The van der Waals surface area contributed by atoms with E-state index in [2.05, 4.69) is 0 Å². The Labute approximate surface area is 100 Å². The van der Waals surface area contributed by atoms with Crippen LogP contribution in [0.3, 0.4) is 0 Å². The van der Waals surface area contributed by atoms with Crippen molar-refractivity contribution < 1.29 is 4.79 Å². The Hall–Kier alpha value is -1.26. The van der Waals surface area contributed by atoms with E-state index in [1.807, 2.05) is 11.8 Å². The molecule has 0 atom stereocenters. The summed E-state index contributed by atoms with van der Waals surface area (Å²) in [5.74, 6) is -0.479. The van der Waals surface area contributed by atoms with Crippen molar-refractivity contribution in [3.05, 3.63) is 28.8 Å². The van der Waals surface area contributed by atoms with E-state index in [-0.39, 0.29) is 0 Å². The second-order valence-electron chi connectivity index (χ2n) is 3.39. The monoisotopic (exact) mass is 241 g/mol. The summed E-state index contributed by atoms with van der Waals surface area (Å²) in [7, 11) is 0. The maximum atomic E-state index is 11.3. The van der Waals surface area contributed by atoms with Gasteiger partial charge in [-0.2, -0.15) is 0 Å². The summed E-state index contributed by atoms with van der Waals surface area (Å²) in [6.45, 7) is 3.96. The Kier molecular flexibility index (Phi) is 4.58. The van der Waals surface area contributed by atoms with E-state index in [0.29, 0.717) is 23.7 Å². The summed E-state index contributed by atoms with van der Waals surface area (Å²) in [6, 6.07) is 5.11. The van der Waals surface area contributed by atoms with Crippen molar-refractivity contribution in [3.63, 3.8) is 0 Å². The number of halogens is 1. The number of hydrogen-bond donors (Lipinski definition) is 2. The molecule has 0 unspecified atom stereocenters. The van der Waals surface area contributed by atoms with Gasteiger partial charge in [0.2, 0.25) is 0 Å². The molecule has 0 fully saturated rings. The summed E-state index contributed by atoms with van der Waals surface area (Å²) < 4.78 is 0. The van der Waals surface area contributed by atoms with Crippen molar-refractivity contribution in [2.45, 2.75) is 6.92 Å². The van der Waals surface area contributed by atoms with Crippen LogP contribution in [0.25, 0.3) is 0 Å². The van der Waals surface area contributed by atoms with Gasteiger partial charge in [-0.05, 0) is 25.1 Å². The van der Waals surface area contributed by atoms with Gasteiger partial charge in [0.05, 0.1) is 5.56 Å². The lowest BCUT2D eigenvalue weighted by Crippen LogP contribution is -2.31. The lowest BCUT2D eigenvalue weighted by atomic mass is 10.1. The van der Waals surface area contributed by atoms with Gasteiger partial charge >= 0.3 is 0 Å². The molecule has 0 aliphatic heterocycles. The molecule has 5 heteroatoms. The molecule has 0 aliphatic carbocycles. The Balaban J connectivity index is 3.14. The number of primary amides is 1. The number of anilines is 1. The first-order valence-corrected chi connectivity index (χ1v) is 5.52. The van der Waals surface area contributed by atoms with Crippen molar-refractivity contribution >= 4 is 23.2 Å². The van der Waals surface area contributed by atoms with Crippen LogP contribution in [0.15, 0.2) is 18.2 Å². The minimum atomic E-state index is -0.479. The Bertz CT molecular complexity index is 381. The van der Waals surface area contributed by atoms with Gasteiger partial charge < -0.3 is 16.4 Å². The number of carbonyl (C=O) groups excluding carboxylic acids is 1. The highest BCUT2D eigenvalue weighted by atomic mass is 35.5. The SMILES string of the molecule is CCN(CCN)c1ccc(Cl)cc1C(N)=O. The fourth-order valence-corrected chi connectivity index (χ4v) is 1.76. The van der Waals surface area contributed by atoms with Gasteiger partial charge in [0.15, 0.2) is 0 Å². The minimum absolute atomic E-state index is 0.433. The molecule has 0 radical (unpaired) electrons. The molecule has 88 valence electrons. The number of rotatable bonds is 5. The van der Waals surface area contributed by atoms with E-state index >= 15 is 0 Å². The average molecular weight is 242 g/mol. The molecule has 1 amide bonds. The largest absolute Gasteiger partial charge is 0.370 e. The zero-order chi connectivity index (χ0) is 12.1. The third-order valence-corrected chi connectivity index (χ3v) is 2.58. The van der Waals surface area contributed by atoms with Gasteiger partial charge in [0.1, 0.15) is 0 Å². The summed E-state index contributed by atoms with van der Waals surface area (Å²) in [4.78, 5) is 13.3. The van der Waals surface area contributed by atoms with E-state index in [1.165, 1.54) is 0 Å². The van der Waals surface area contributed by atoms with Crippen LogP contribution in [-0.2, 0) is 0 Å². The molecule has 1 aromatic carbocycles. The van der Waals surface area contributed by atoms with Crippen LogP contribution in [0.1, 0.15) is 17.3 Å². The summed E-state index contributed by atoms with van der Waals surface area (Å²) in [5, 5.41) is 0.501. The lowest BCUT2D eigenvalue weighted by molar-refractivity contribution is 0.100. The molecule has 1 rings (SSSR count). The van der Waals surface area contributed by atoms with Crippen LogP contribution in [0.5, 0.6) is 0 Å². The maximum absolute atomic E-state index is 11.3. The standard InChI is InChI=1S/C11H16ClN3O/c1-2-15(6-5-13)10-4-3-8(12)7-9(10)11(14)16/h3-4,7H,2,5-6,13H2,1H3,(H2,14,16). The van der Waals surface area contributed by atoms with Gasteiger partial charge in [-0.15, -0.1) is 0 Å². The number of benzene rings is 1. The van der Waals surface area contributed by atoms with Crippen molar-refractivity contribution in [1.29, 1.82) is 0 Å². The first-order chi connectivity index (χ1) is 7.60. The quantitative estimate of drug-likeness (QED) is 0.814. The van der Waals surface area contributed by atoms with Gasteiger partial charge in [0, 0.05) is 30.3 Å². The number of nitrogens with two attached hydrogens (primary N) is 2. The van der Waals surface area contributed by atoms with Crippen LogP contribution >= 0.6 is 11.6 Å². The van der Waals surface area contributed by atoms with Crippen LogP contribution in [0, 0.1) is 0 Å². The molecular weight excluding hydrogens is 226 g/mol. The predicted molar refractivity (Wildman–Crippen MR) is 66.9 cm³/mol. The first kappa shape index (κ1) is 12.8. The van der Waals surface area contributed by atoms with E-state index in [1.54, 1.807) is 18.2 Å². The van der Waals surface area contributed by atoms with Crippen LogP contribution < -0.4 is 16.4 Å². The number of amides is 1. The zero-order valence-electron chi connectivity index (χ0n) is 9.24. The van der Waals surface area contributed by atoms with Crippen molar-refractivity contribution in [1.82, 2.24) is 0 Å². The molecule has 0 heterocycles. The Morgan fingerprint density at radius 1 is 1.50 bits per heavy atom. The highest BCUT2D eigenvalue weighted by Gasteiger charge is 2.13. The number of hydrogen-bond acceptors (Lipinski definition) is 3. The average Bonchev–Trinajstić information content (AvgIpc) is 2.26. The predicted octanol–water partition coefficient (Wildman–Crippen LogP) is 1.22. The van der Waals surface area contributed by atoms with E-state index in [0.717, 1.165) is 12.2 Å². The lowest BCUT2D eigenvalue weighted by Gasteiger charge is -2.24. The van der Waals surface area contributed by atoms with E-state index in [4.69, 9.17) is 23.1 Å². The minimum Gasteiger partial charge on any atom is -0.370 e. The van der Waals surface area contributed by atoms with E-state index in [9.17, 15) is 4.79 Å². The summed E-state index contributed by atoms with van der Waals surface area (Å²) >= 11 is 5.83. The van der Waals surface area contributed by atoms with Gasteiger partial charge in [0.25, 0.3) is 5.91 Å². The number of carbonyl (C=O) groups is 1. The highest BCUT2D eigenvalue weighted by Crippen LogP contribution is 2.23. The Morgan fingerprint density at radius 3 is 2.69 bits per heavy atom. The number of nitrogens with zero attached hydrogens (tertiary/aromatic N) is 1. The third kappa shape index (κ3) is 2.87. The smallest absolute Gasteiger partial charge is 0.250 e. The molecule has 1 aromatic rings. The molecule has 0 aromatic heterocycles. The fraction of sp³-hybridized carbons (Fsp3) is 0.364. The van der Waals surface area contributed by atoms with Crippen LogP contribution in [0.4, 0.5) is 5.69 Å². The molecule has 0 bridgehead atoms. The molecule has 16 heavy (non-hydrogen) atoms. The molecule has 0 spiro atoms. The normalized spacial score (nSPS) is 10.2. The van der Waals surface area contributed by atoms with Crippen molar-refractivity contribution in [3.8, 4) is 0 Å². The fourth-order valence-electron chi connectivity index (χ4n) is 1.59. The summed E-state index contributed by atoms with van der Waals surface area (Å²) in [5.41, 5.74) is 12.0. The molecule has 0 saturated heterocycles. The molecule has 4 N–H and O–H groups in total. The van der Waals surface area contributed by atoms with Gasteiger partial charge in [-0.25, -0.2) is 0 Å². The Morgan fingerprint density at radius 2 is 2.19 bits per heavy atom. The van der Waals surface area contributed by atoms with E-state index < -0.39 is 5.91 Å². The summed E-state index contributed by atoms with van der Waals surface area (Å²) in [6.07, 6.45) is 0. The first-order valence-electron chi connectivity index (χ1n) is 5.14. The van der Waals surface area contributed by atoms with Crippen LogP contribution in [-0.4, -0.2) is 25.5 Å². The molecular formula is C11H16ClN3O. The zero-order valence-corrected chi connectivity index (χ0v) is 10.00.